The van der Waals surface area contributed by atoms with Crippen molar-refractivity contribution in [1.29, 1.82) is 0 Å². The quantitative estimate of drug-likeness (QED) is 0.595. The summed E-state index contributed by atoms with van der Waals surface area (Å²) in [6, 6.07) is 14.0. The van der Waals surface area contributed by atoms with Gasteiger partial charge in [0.1, 0.15) is 0 Å². The first-order valence-electron chi connectivity index (χ1n) is 4.68. The minimum Gasteiger partial charge on any atom is -0.0914 e. The summed E-state index contributed by atoms with van der Waals surface area (Å²) in [5, 5.41) is 1.68. The maximum Gasteiger partial charge on any atom is 0.227 e. The molecule has 2 aromatic carbocycles. The zero-order valence-electron chi connectivity index (χ0n) is 8.35. The molecule has 0 bridgehead atoms. The molecule has 0 spiro atoms. The van der Waals surface area contributed by atoms with Crippen molar-refractivity contribution >= 4 is 68.8 Å². The molecule has 0 saturated carbocycles. The normalized spacial score (nSPS) is 13.0. The molecule has 0 unspecified atom stereocenters. The summed E-state index contributed by atoms with van der Waals surface area (Å²) in [5.41, 5.74) is 0.551. The van der Waals surface area contributed by atoms with Crippen molar-refractivity contribution in [3.63, 3.8) is 0 Å². The number of hydrogen-bond donors (Lipinski definition) is 0. The van der Waals surface area contributed by atoms with Crippen molar-refractivity contribution in [1.82, 2.24) is 0 Å². The van der Waals surface area contributed by atoms with Crippen LogP contribution in [0.4, 0.5) is 0 Å². The van der Waals surface area contributed by atoms with Gasteiger partial charge in [0.15, 0.2) is 4.33 Å². The Morgan fingerprint density at radius 1 is 0.882 bits per heavy atom. The van der Waals surface area contributed by atoms with Crippen molar-refractivity contribution in [2.24, 2.45) is 0 Å². The van der Waals surface area contributed by atoms with Crippen LogP contribution >= 0.6 is 58.0 Å². The first-order chi connectivity index (χ1) is 7.84. The Labute approximate surface area is 124 Å². The van der Waals surface area contributed by atoms with Gasteiger partial charge in [0.2, 0.25) is 3.79 Å². The maximum atomic E-state index is 6.17. The lowest BCUT2D eigenvalue weighted by Gasteiger charge is -2.28. The van der Waals surface area contributed by atoms with Crippen LogP contribution in [0.25, 0.3) is 10.8 Å². The molecule has 2 rings (SSSR count). The summed E-state index contributed by atoms with van der Waals surface area (Å²) < 4.78 is -3.44. The Morgan fingerprint density at radius 3 is 2.24 bits per heavy atom. The van der Waals surface area contributed by atoms with Gasteiger partial charge in [-0.2, -0.15) is 0 Å². The Balaban J connectivity index is 2.72. The second-order valence-electron chi connectivity index (χ2n) is 3.51. The van der Waals surface area contributed by atoms with E-state index in [9.17, 15) is 0 Å². The lowest BCUT2D eigenvalue weighted by atomic mass is 10.0. The molecule has 0 aliphatic heterocycles. The molecule has 0 amide bonds. The van der Waals surface area contributed by atoms with Gasteiger partial charge in [-0.15, -0.1) is 0 Å². The number of alkyl halides is 5. The van der Waals surface area contributed by atoms with Gasteiger partial charge in [-0.25, -0.2) is 0 Å². The molecule has 0 aromatic heterocycles. The smallest absolute Gasteiger partial charge is 0.0914 e. The van der Waals surface area contributed by atoms with Gasteiger partial charge in [0.05, 0.1) is 0 Å². The van der Waals surface area contributed by atoms with Crippen LogP contribution in [0, 0.1) is 6.07 Å². The molecule has 0 aliphatic rings. The first kappa shape index (κ1) is 13.6. The zero-order valence-corrected chi connectivity index (χ0v) is 12.1. The highest BCUT2D eigenvalue weighted by atomic mass is 35.6. The van der Waals surface area contributed by atoms with Crippen LogP contribution in [0.5, 0.6) is 0 Å². The third-order valence-corrected chi connectivity index (χ3v) is 4.80. The largest absolute Gasteiger partial charge is 0.227 e. The summed E-state index contributed by atoms with van der Waals surface area (Å²) in [5.74, 6) is 0. The molecule has 0 fully saturated rings. The van der Waals surface area contributed by atoms with E-state index in [2.05, 4.69) is 6.07 Å². The summed E-state index contributed by atoms with van der Waals surface area (Å²) >= 11 is 29.8. The molecule has 2 aromatic rings. The predicted octanol–water partition coefficient (Wildman–Crippen LogP) is 5.64. The molecule has 1 radical (unpaired) electrons. The average molecular weight is 327 g/mol. The third kappa shape index (κ3) is 2.47. The third-order valence-electron chi connectivity index (χ3n) is 2.40. The summed E-state index contributed by atoms with van der Waals surface area (Å²) in [6.07, 6.45) is 0. The highest BCUT2D eigenvalue weighted by Crippen LogP contribution is 2.54. The van der Waals surface area contributed by atoms with Crippen LogP contribution in [0.3, 0.4) is 0 Å². The summed E-state index contributed by atoms with van der Waals surface area (Å²) in [7, 11) is 0. The number of rotatable bonds is 1. The molecule has 0 heterocycles. The monoisotopic (exact) mass is 325 g/mol. The molecular weight excluding hydrogens is 321 g/mol. The van der Waals surface area contributed by atoms with Gasteiger partial charge >= 0.3 is 0 Å². The molecule has 0 atom stereocenters. The van der Waals surface area contributed by atoms with Crippen molar-refractivity contribution in [2.45, 2.75) is 8.13 Å². The molecular formula is C12H6Cl5. The lowest BCUT2D eigenvalue weighted by Crippen LogP contribution is -2.28. The molecule has 5 heteroatoms. The summed E-state index contributed by atoms with van der Waals surface area (Å²) in [4.78, 5) is 0. The lowest BCUT2D eigenvalue weighted by molar-refractivity contribution is 0.887. The van der Waals surface area contributed by atoms with E-state index in [1.807, 2.05) is 18.2 Å². The van der Waals surface area contributed by atoms with Gasteiger partial charge in [-0.1, -0.05) is 94.4 Å². The van der Waals surface area contributed by atoms with E-state index in [1.165, 1.54) is 0 Å². The van der Waals surface area contributed by atoms with Gasteiger partial charge in [0, 0.05) is 0 Å². The Bertz CT molecular complexity index is 537. The van der Waals surface area contributed by atoms with Gasteiger partial charge in [0.25, 0.3) is 0 Å². The standard InChI is InChI=1S/C12H6Cl5/c13-11(14,12(15,16)17)10-7-3-5-8-4-1-2-6-9(8)10/h1-3,5-7H. The number of hydrogen-bond acceptors (Lipinski definition) is 0. The number of benzene rings is 2. The zero-order chi connectivity index (χ0) is 12.7. The SMILES string of the molecule is ClC(Cl)(Cl)C(Cl)(Cl)c1cccc2[c]cccc12. The van der Waals surface area contributed by atoms with Crippen LogP contribution < -0.4 is 0 Å². The highest BCUT2D eigenvalue weighted by molar-refractivity contribution is 6.75. The fourth-order valence-electron chi connectivity index (χ4n) is 1.58. The maximum absolute atomic E-state index is 6.17. The van der Waals surface area contributed by atoms with Crippen LogP contribution in [-0.4, -0.2) is 3.79 Å². The second kappa shape index (κ2) is 4.68. The molecule has 89 valence electrons. The molecule has 17 heavy (non-hydrogen) atoms. The number of halogens is 5. The van der Waals surface area contributed by atoms with E-state index in [4.69, 9.17) is 58.0 Å². The predicted molar refractivity (Wildman–Crippen MR) is 76.5 cm³/mol. The minimum atomic E-state index is -1.82. The second-order valence-corrected chi connectivity index (χ2v) is 7.12. The van der Waals surface area contributed by atoms with E-state index in [0.29, 0.717) is 5.56 Å². The Kier molecular flexibility index (Phi) is 3.74. The van der Waals surface area contributed by atoms with E-state index in [1.54, 1.807) is 18.2 Å². The van der Waals surface area contributed by atoms with Gasteiger partial charge in [-0.3, -0.25) is 0 Å². The Morgan fingerprint density at radius 2 is 1.59 bits per heavy atom. The number of fused-ring (bicyclic) bond motifs is 1. The van der Waals surface area contributed by atoms with Crippen molar-refractivity contribution < 1.29 is 0 Å². The van der Waals surface area contributed by atoms with E-state index < -0.39 is 8.13 Å². The minimum absolute atomic E-state index is 0.551. The topological polar surface area (TPSA) is 0 Å². The van der Waals surface area contributed by atoms with E-state index in [-0.39, 0.29) is 0 Å². The molecule has 0 nitrogen and oxygen atoms in total. The average Bonchev–Trinajstić information content (AvgIpc) is 2.26. The van der Waals surface area contributed by atoms with Gasteiger partial charge in [-0.05, 0) is 22.4 Å². The van der Waals surface area contributed by atoms with Crippen LogP contribution in [0.2, 0.25) is 0 Å². The molecule has 0 aliphatic carbocycles. The van der Waals surface area contributed by atoms with Crippen molar-refractivity contribution in [3.05, 3.63) is 48.0 Å². The molecule has 0 N–H and O–H groups in total. The highest BCUT2D eigenvalue weighted by Gasteiger charge is 2.48. The fraction of sp³-hybridized carbons (Fsp3) is 0.167. The fourth-order valence-corrected chi connectivity index (χ4v) is 2.21. The van der Waals surface area contributed by atoms with Crippen LogP contribution in [0.15, 0.2) is 36.4 Å². The van der Waals surface area contributed by atoms with E-state index in [0.717, 1.165) is 10.8 Å². The van der Waals surface area contributed by atoms with Crippen molar-refractivity contribution in [2.75, 3.05) is 0 Å². The van der Waals surface area contributed by atoms with E-state index >= 15 is 0 Å². The van der Waals surface area contributed by atoms with Crippen molar-refractivity contribution in [3.8, 4) is 0 Å². The van der Waals surface area contributed by atoms with Gasteiger partial charge < -0.3 is 0 Å². The molecule has 0 saturated heterocycles. The summed E-state index contributed by atoms with van der Waals surface area (Å²) in [6.45, 7) is 0. The van der Waals surface area contributed by atoms with Crippen LogP contribution in [0.1, 0.15) is 5.56 Å². The Hall–Kier alpha value is 0.150. The first-order valence-corrected chi connectivity index (χ1v) is 6.57. The van der Waals surface area contributed by atoms with Crippen LogP contribution in [-0.2, 0) is 4.33 Å².